The predicted octanol–water partition coefficient (Wildman–Crippen LogP) is 1.69. The quantitative estimate of drug-likeness (QED) is 0.918. The molecular formula is C13H22N2O4S. The van der Waals surface area contributed by atoms with Crippen molar-refractivity contribution in [3.63, 3.8) is 0 Å². The summed E-state index contributed by atoms with van der Waals surface area (Å²) in [5, 5.41) is -0.264. The van der Waals surface area contributed by atoms with Crippen LogP contribution in [0, 0.1) is 5.41 Å². The second-order valence-electron chi connectivity index (χ2n) is 5.78. The van der Waals surface area contributed by atoms with Gasteiger partial charge in [-0.2, -0.15) is 0 Å². The second-order valence-corrected chi connectivity index (χ2v) is 7.60. The van der Waals surface area contributed by atoms with E-state index >= 15 is 0 Å². The maximum Gasteiger partial charge on any atom is 0.289 e. The molecule has 0 saturated heterocycles. The summed E-state index contributed by atoms with van der Waals surface area (Å²) in [6, 6.07) is 2.62. The molecule has 1 aromatic rings. The Morgan fingerprint density at radius 2 is 1.90 bits per heavy atom. The highest BCUT2D eigenvalue weighted by atomic mass is 32.2. The van der Waals surface area contributed by atoms with Gasteiger partial charge in [-0.3, -0.25) is 4.79 Å². The molecule has 0 bridgehead atoms. The highest BCUT2D eigenvalue weighted by Crippen LogP contribution is 2.25. The van der Waals surface area contributed by atoms with Gasteiger partial charge in [0.15, 0.2) is 5.76 Å². The summed E-state index contributed by atoms with van der Waals surface area (Å²) in [6.45, 7) is 8.02. The number of nitrogens with zero attached hydrogens (tertiary/aromatic N) is 1. The van der Waals surface area contributed by atoms with E-state index in [2.05, 4.69) is 4.72 Å². The molecule has 0 aliphatic heterocycles. The molecule has 6 nitrogen and oxygen atoms in total. The summed E-state index contributed by atoms with van der Waals surface area (Å²) >= 11 is 0. The molecule has 1 amide bonds. The zero-order valence-corrected chi connectivity index (χ0v) is 13.5. The predicted molar refractivity (Wildman–Crippen MR) is 76.0 cm³/mol. The molecule has 1 aromatic heterocycles. The van der Waals surface area contributed by atoms with Crippen molar-refractivity contribution in [3.05, 3.63) is 17.9 Å². The number of hydrogen-bond donors (Lipinski definition) is 1. The van der Waals surface area contributed by atoms with E-state index < -0.39 is 10.0 Å². The molecule has 1 rings (SSSR count). The van der Waals surface area contributed by atoms with Crippen molar-refractivity contribution in [1.29, 1.82) is 0 Å². The zero-order valence-electron chi connectivity index (χ0n) is 12.7. The molecular weight excluding hydrogens is 280 g/mol. The second kappa shape index (κ2) is 5.57. The lowest BCUT2D eigenvalue weighted by Crippen LogP contribution is -2.42. The summed E-state index contributed by atoms with van der Waals surface area (Å²) in [5.41, 5.74) is -0.0864. The Balaban J connectivity index is 3.00. The molecule has 0 aliphatic rings. The number of furan rings is 1. The zero-order chi connectivity index (χ0) is 15.7. The third-order valence-electron chi connectivity index (χ3n) is 3.48. The lowest BCUT2D eigenvalue weighted by molar-refractivity contribution is 0.0592. The maximum atomic E-state index is 12.3. The minimum atomic E-state index is -3.67. The average molecular weight is 302 g/mol. The number of carbonyl (C=O) groups excluding carboxylic acids is 1. The molecule has 0 saturated carbocycles. The molecule has 0 fully saturated rings. The van der Waals surface area contributed by atoms with Crippen LogP contribution in [0.3, 0.4) is 0 Å². The molecule has 0 spiro atoms. The van der Waals surface area contributed by atoms with Crippen LogP contribution >= 0.6 is 0 Å². The normalized spacial score (nSPS) is 14.1. The third kappa shape index (κ3) is 3.40. The van der Waals surface area contributed by atoms with Crippen molar-refractivity contribution in [3.8, 4) is 0 Å². The van der Waals surface area contributed by atoms with E-state index in [1.807, 2.05) is 27.7 Å². The fourth-order valence-electron chi connectivity index (χ4n) is 1.61. The van der Waals surface area contributed by atoms with E-state index in [0.29, 0.717) is 0 Å². The van der Waals surface area contributed by atoms with E-state index in [9.17, 15) is 13.2 Å². The van der Waals surface area contributed by atoms with Crippen molar-refractivity contribution in [2.75, 3.05) is 14.1 Å². The van der Waals surface area contributed by atoms with Crippen LogP contribution in [0.1, 0.15) is 38.2 Å². The molecule has 0 radical (unpaired) electrons. The Labute approximate surface area is 120 Å². The minimum Gasteiger partial charge on any atom is -0.438 e. The van der Waals surface area contributed by atoms with Crippen LogP contribution in [0.25, 0.3) is 0 Å². The number of hydrogen-bond acceptors (Lipinski definition) is 4. The summed E-state index contributed by atoms with van der Waals surface area (Å²) < 4.78 is 30.4. The number of sulfonamides is 1. The van der Waals surface area contributed by atoms with Crippen molar-refractivity contribution >= 4 is 15.9 Å². The van der Waals surface area contributed by atoms with Crippen LogP contribution in [0.15, 0.2) is 21.6 Å². The highest BCUT2D eigenvalue weighted by molar-refractivity contribution is 7.89. The van der Waals surface area contributed by atoms with Gasteiger partial charge in [-0.05, 0) is 31.5 Å². The molecule has 0 aromatic carbocycles. The Morgan fingerprint density at radius 3 is 2.35 bits per heavy atom. The Hall–Kier alpha value is -1.34. The first-order valence-electron chi connectivity index (χ1n) is 6.31. The van der Waals surface area contributed by atoms with E-state index in [1.54, 1.807) is 11.9 Å². The van der Waals surface area contributed by atoms with Crippen molar-refractivity contribution in [2.45, 2.75) is 38.8 Å². The Bertz CT molecular complexity index is 584. The molecule has 114 valence electrons. The SMILES string of the molecule is CNS(=O)(=O)c1ccc(C(=O)N(C)[C@H](C)C(C)(C)C)o1. The topological polar surface area (TPSA) is 79.6 Å². The fourth-order valence-corrected chi connectivity index (χ4v) is 2.26. The van der Waals surface area contributed by atoms with Gasteiger partial charge in [-0.15, -0.1) is 0 Å². The molecule has 0 unspecified atom stereocenters. The van der Waals surface area contributed by atoms with Gasteiger partial charge in [0.1, 0.15) is 0 Å². The first kappa shape index (κ1) is 16.7. The Morgan fingerprint density at radius 1 is 1.35 bits per heavy atom. The van der Waals surface area contributed by atoms with Gasteiger partial charge < -0.3 is 9.32 Å². The summed E-state index contributed by atoms with van der Waals surface area (Å²) in [4.78, 5) is 13.8. The van der Waals surface area contributed by atoms with Gasteiger partial charge in [0.25, 0.3) is 15.9 Å². The van der Waals surface area contributed by atoms with Gasteiger partial charge in [-0.25, -0.2) is 13.1 Å². The van der Waals surface area contributed by atoms with Crippen LogP contribution in [-0.4, -0.2) is 39.4 Å². The van der Waals surface area contributed by atoms with Gasteiger partial charge in [0, 0.05) is 13.1 Å². The first-order valence-corrected chi connectivity index (χ1v) is 7.79. The highest BCUT2D eigenvalue weighted by Gasteiger charge is 2.29. The van der Waals surface area contributed by atoms with Gasteiger partial charge in [-0.1, -0.05) is 20.8 Å². The van der Waals surface area contributed by atoms with Crippen LogP contribution < -0.4 is 4.72 Å². The van der Waals surface area contributed by atoms with Crippen LogP contribution in [-0.2, 0) is 10.0 Å². The number of rotatable bonds is 4. The monoisotopic (exact) mass is 302 g/mol. The standard InChI is InChI=1S/C13H22N2O4S/c1-9(13(2,3)4)15(6)12(16)10-7-8-11(19-10)20(17,18)14-5/h7-9,14H,1-6H3/t9-/m1/s1. The molecule has 7 heteroatoms. The summed E-state index contributed by atoms with van der Waals surface area (Å²) in [7, 11) is -0.714. The Kier molecular flexibility index (Phi) is 4.66. The first-order chi connectivity index (χ1) is 9.00. The average Bonchev–Trinajstić information content (AvgIpc) is 2.85. The number of carbonyl (C=O) groups is 1. The van der Waals surface area contributed by atoms with Crippen molar-refractivity contribution in [2.24, 2.45) is 5.41 Å². The number of nitrogens with one attached hydrogen (secondary N) is 1. The molecule has 1 heterocycles. The van der Waals surface area contributed by atoms with Crippen molar-refractivity contribution in [1.82, 2.24) is 9.62 Å². The lowest BCUT2D eigenvalue weighted by atomic mass is 9.87. The summed E-state index contributed by atoms with van der Waals surface area (Å²) in [5.74, 6) is -0.331. The molecule has 1 N–H and O–H groups in total. The molecule has 1 atom stereocenters. The van der Waals surface area contributed by atoms with E-state index in [-0.39, 0.29) is 28.2 Å². The van der Waals surface area contributed by atoms with Gasteiger partial charge >= 0.3 is 0 Å². The van der Waals surface area contributed by atoms with Crippen molar-refractivity contribution < 1.29 is 17.6 Å². The van der Waals surface area contributed by atoms with Crippen LogP contribution in [0.4, 0.5) is 0 Å². The van der Waals surface area contributed by atoms with Crippen LogP contribution in [0.2, 0.25) is 0 Å². The molecule has 20 heavy (non-hydrogen) atoms. The maximum absolute atomic E-state index is 12.3. The van der Waals surface area contributed by atoms with Gasteiger partial charge in [0.05, 0.1) is 0 Å². The van der Waals surface area contributed by atoms with E-state index in [1.165, 1.54) is 19.2 Å². The third-order valence-corrected chi connectivity index (χ3v) is 4.77. The van der Waals surface area contributed by atoms with E-state index in [4.69, 9.17) is 4.42 Å². The number of amides is 1. The largest absolute Gasteiger partial charge is 0.438 e. The van der Waals surface area contributed by atoms with Gasteiger partial charge in [0.2, 0.25) is 5.09 Å². The minimum absolute atomic E-state index is 0.0115. The van der Waals surface area contributed by atoms with E-state index in [0.717, 1.165) is 0 Å². The lowest BCUT2D eigenvalue weighted by Gasteiger charge is -2.34. The smallest absolute Gasteiger partial charge is 0.289 e. The van der Waals surface area contributed by atoms with Crippen LogP contribution in [0.5, 0.6) is 0 Å². The molecule has 0 aliphatic carbocycles. The fraction of sp³-hybridized carbons (Fsp3) is 0.615. The summed E-state index contributed by atoms with van der Waals surface area (Å²) in [6.07, 6.45) is 0.